The molecule has 2 N–H and O–H groups in total. The van der Waals surface area contributed by atoms with Gasteiger partial charge in [-0.1, -0.05) is 22.9 Å². The lowest BCUT2D eigenvalue weighted by molar-refractivity contribution is 0.155. The predicted molar refractivity (Wildman–Crippen MR) is 91.7 cm³/mol. The maximum atomic E-state index is 10.1. The molecule has 1 aliphatic rings. The number of phenols is 1. The van der Waals surface area contributed by atoms with Crippen LogP contribution in [-0.4, -0.2) is 35.2 Å². The first kappa shape index (κ1) is 16.8. The van der Waals surface area contributed by atoms with Crippen LogP contribution in [0.15, 0.2) is 22.7 Å². The fraction of sp³-hybridized carbons (Fsp3) is 0.647. The lowest BCUT2D eigenvalue weighted by Gasteiger charge is -2.36. The Balaban J connectivity index is 1.99. The third-order valence-corrected chi connectivity index (χ3v) is 4.96. The fourth-order valence-electron chi connectivity index (χ4n) is 3.10. The average Bonchev–Trinajstić information content (AvgIpc) is 2.48. The van der Waals surface area contributed by atoms with Crippen molar-refractivity contribution in [3.8, 4) is 5.75 Å². The second kappa shape index (κ2) is 7.61. The van der Waals surface area contributed by atoms with Gasteiger partial charge < -0.3 is 15.3 Å². The van der Waals surface area contributed by atoms with Crippen LogP contribution in [0.2, 0.25) is 0 Å². The largest absolute Gasteiger partial charge is 0.508 e. The molecule has 0 bridgehead atoms. The van der Waals surface area contributed by atoms with Crippen molar-refractivity contribution >= 4 is 15.9 Å². The number of halogens is 1. The van der Waals surface area contributed by atoms with Crippen LogP contribution < -0.4 is 5.32 Å². The van der Waals surface area contributed by atoms with E-state index in [0.29, 0.717) is 17.8 Å². The van der Waals surface area contributed by atoms with Crippen LogP contribution in [0.4, 0.5) is 0 Å². The Kier molecular flexibility index (Phi) is 6.08. The first-order valence-corrected chi connectivity index (χ1v) is 8.79. The molecule has 4 heteroatoms. The summed E-state index contributed by atoms with van der Waals surface area (Å²) in [7, 11) is 0. The third kappa shape index (κ3) is 4.44. The van der Waals surface area contributed by atoms with Gasteiger partial charge in [0.15, 0.2) is 0 Å². The van der Waals surface area contributed by atoms with Gasteiger partial charge in [-0.3, -0.25) is 0 Å². The summed E-state index contributed by atoms with van der Waals surface area (Å²) >= 11 is 3.50. The minimum atomic E-state index is 0.220. The molecule has 1 aromatic carbocycles. The zero-order valence-electron chi connectivity index (χ0n) is 13.3. The zero-order chi connectivity index (χ0) is 15.4. The molecular formula is C17H27BrN2O. The van der Waals surface area contributed by atoms with Gasteiger partial charge in [0.25, 0.3) is 0 Å². The molecule has 0 spiro atoms. The number of nitrogens with one attached hydrogen (secondary N) is 1. The van der Waals surface area contributed by atoms with Crippen molar-refractivity contribution < 1.29 is 5.11 Å². The van der Waals surface area contributed by atoms with E-state index in [-0.39, 0.29) is 6.04 Å². The number of phenolic OH excluding ortho intramolecular Hbond substituents is 1. The van der Waals surface area contributed by atoms with Crippen molar-refractivity contribution in [3.05, 3.63) is 28.2 Å². The summed E-state index contributed by atoms with van der Waals surface area (Å²) < 4.78 is 1.02. The number of nitrogens with zero attached hydrogens (tertiary/aromatic N) is 1. The summed E-state index contributed by atoms with van der Waals surface area (Å²) in [5, 5.41) is 13.9. The normalized spacial score (nSPS) is 19.1. The van der Waals surface area contributed by atoms with E-state index >= 15 is 0 Å². The second-order valence-electron chi connectivity index (χ2n) is 6.23. The Labute approximate surface area is 136 Å². The number of hydrogen-bond acceptors (Lipinski definition) is 3. The predicted octanol–water partition coefficient (Wildman–Crippen LogP) is 4.07. The molecule has 1 aliphatic heterocycles. The Bertz CT molecular complexity index is 456. The highest BCUT2D eigenvalue weighted by molar-refractivity contribution is 9.10. The van der Waals surface area contributed by atoms with Gasteiger partial charge in [-0.25, -0.2) is 0 Å². The number of hydrogen-bond donors (Lipinski definition) is 2. The number of benzene rings is 1. The van der Waals surface area contributed by atoms with E-state index in [1.807, 2.05) is 12.1 Å². The summed E-state index contributed by atoms with van der Waals surface area (Å²) in [5.41, 5.74) is 0.998. The molecule has 0 aliphatic carbocycles. The van der Waals surface area contributed by atoms with Crippen LogP contribution in [-0.2, 0) is 0 Å². The molecule has 1 aromatic rings. The highest BCUT2D eigenvalue weighted by atomic mass is 79.9. The third-order valence-electron chi connectivity index (χ3n) is 4.47. The minimum absolute atomic E-state index is 0.220. The quantitative estimate of drug-likeness (QED) is 0.836. The van der Waals surface area contributed by atoms with Gasteiger partial charge in [-0.15, -0.1) is 0 Å². The molecule has 1 saturated heterocycles. The van der Waals surface area contributed by atoms with E-state index in [4.69, 9.17) is 0 Å². The van der Waals surface area contributed by atoms with Crippen molar-refractivity contribution in [2.45, 2.75) is 58.2 Å². The van der Waals surface area contributed by atoms with E-state index in [1.165, 1.54) is 12.8 Å². The van der Waals surface area contributed by atoms with Crippen molar-refractivity contribution in [2.75, 3.05) is 13.1 Å². The Morgan fingerprint density at radius 1 is 1.33 bits per heavy atom. The molecule has 1 heterocycles. The maximum Gasteiger partial charge on any atom is 0.120 e. The van der Waals surface area contributed by atoms with Gasteiger partial charge in [0.05, 0.1) is 0 Å². The van der Waals surface area contributed by atoms with E-state index in [0.717, 1.165) is 29.5 Å². The van der Waals surface area contributed by atoms with E-state index in [2.05, 4.69) is 46.9 Å². The molecular weight excluding hydrogens is 328 g/mol. The van der Waals surface area contributed by atoms with Gasteiger partial charge in [0.2, 0.25) is 0 Å². The fourth-order valence-corrected chi connectivity index (χ4v) is 3.48. The molecule has 0 radical (unpaired) electrons. The van der Waals surface area contributed by atoms with Crippen LogP contribution in [0.3, 0.4) is 0 Å². The molecule has 118 valence electrons. The highest BCUT2D eigenvalue weighted by Gasteiger charge is 2.24. The van der Waals surface area contributed by atoms with E-state index < -0.39 is 0 Å². The summed E-state index contributed by atoms with van der Waals surface area (Å²) in [6.45, 7) is 9.03. The summed E-state index contributed by atoms with van der Waals surface area (Å²) in [5.74, 6) is 0.386. The lowest BCUT2D eigenvalue weighted by Crippen LogP contribution is -2.45. The van der Waals surface area contributed by atoms with E-state index in [1.54, 1.807) is 6.07 Å². The van der Waals surface area contributed by atoms with Gasteiger partial charge in [0.1, 0.15) is 5.75 Å². The van der Waals surface area contributed by atoms with Gasteiger partial charge >= 0.3 is 0 Å². The summed E-state index contributed by atoms with van der Waals surface area (Å²) in [4.78, 5) is 2.54. The Morgan fingerprint density at radius 3 is 2.57 bits per heavy atom. The van der Waals surface area contributed by atoms with Crippen molar-refractivity contribution in [3.63, 3.8) is 0 Å². The van der Waals surface area contributed by atoms with Crippen LogP contribution in [0.25, 0.3) is 0 Å². The summed E-state index contributed by atoms with van der Waals surface area (Å²) in [6, 6.07) is 7.08. The molecule has 2 rings (SSSR count). The molecule has 1 atom stereocenters. The number of aromatic hydroxyl groups is 1. The minimum Gasteiger partial charge on any atom is -0.508 e. The average molecular weight is 355 g/mol. The smallest absolute Gasteiger partial charge is 0.120 e. The SMILES string of the molecule is CCC(NC1CCN(C(C)C)CC1)c1cc(Br)ccc1O. The topological polar surface area (TPSA) is 35.5 Å². The first-order chi connectivity index (χ1) is 10.0. The highest BCUT2D eigenvalue weighted by Crippen LogP contribution is 2.30. The van der Waals surface area contributed by atoms with Gasteiger partial charge in [0, 0.05) is 28.2 Å². The number of piperidine rings is 1. The molecule has 1 fully saturated rings. The molecule has 21 heavy (non-hydrogen) atoms. The first-order valence-electron chi connectivity index (χ1n) is 7.99. The molecule has 0 amide bonds. The van der Waals surface area contributed by atoms with Crippen molar-refractivity contribution in [1.82, 2.24) is 10.2 Å². The second-order valence-corrected chi connectivity index (χ2v) is 7.15. The molecule has 0 saturated carbocycles. The zero-order valence-corrected chi connectivity index (χ0v) is 14.9. The van der Waals surface area contributed by atoms with Crippen molar-refractivity contribution in [1.29, 1.82) is 0 Å². The Morgan fingerprint density at radius 2 is 2.00 bits per heavy atom. The molecule has 3 nitrogen and oxygen atoms in total. The standard InChI is InChI=1S/C17H27BrN2O/c1-4-16(15-11-13(18)5-6-17(15)21)19-14-7-9-20(10-8-14)12(2)3/h5-6,11-12,14,16,19,21H,4,7-10H2,1-3H3. The molecule has 0 aromatic heterocycles. The monoisotopic (exact) mass is 354 g/mol. The van der Waals surface area contributed by atoms with E-state index in [9.17, 15) is 5.11 Å². The number of likely N-dealkylation sites (tertiary alicyclic amines) is 1. The molecule has 1 unspecified atom stereocenters. The Hall–Kier alpha value is -0.580. The van der Waals surface area contributed by atoms with Crippen molar-refractivity contribution in [2.24, 2.45) is 0 Å². The van der Waals surface area contributed by atoms with Crippen LogP contribution >= 0.6 is 15.9 Å². The lowest BCUT2D eigenvalue weighted by atomic mass is 9.98. The van der Waals surface area contributed by atoms with Crippen LogP contribution in [0, 0.1) is 0 Å². The van der Waals surface area contributed by atoms with Crippen LogP contribution in [0.1, 0.15) is 51.6 Å². The number of rotatable bonds is 5. The van der Waals surface area contributed by atoms with Gasteiger partial charge in [-0.05, 0) is 64.4 Å². The summed E-state index contributed by atoms with van der Waals surface area (Å²) in [6.07, 6.45) is 3.35. The van der Waals surface area contributed by atoms with Gasteiger partial charge in [-0.2, -0.15) is 0 Å². The maximum absolute atomic E-state index is 10.1. The van der Waals surface area contributed by atoms with Crippen LogP contribution in [0.5, 0.6) is 5.75 Å².